The van der Waals surface area contributed by atoms with Crippen LogP contribution in [-0.4, -0.2) is 31.4 Å². The molecule has 5 aliphatic rings. The molecule has 0 unspecified atom stereocenters. The number of ether oxygens (including phenoxy) is 2. The predicted octanol–water partition coefficient (Wildman–Crippen LogP) is 2.90. The van der Waals surface area contributed by atoms with Gasteiger partial charge in [0.05, 0.1) is 19.8 Å². The standard InChI is InChI=1S/C20H22O5/c1-2-23-18(21)17-14-9-6-10-19(14)15-11-22-12-16(15)20(17,25-24-19)13-7-4-3-5-8-13/h3-5,7-8,14,17H,2,6,9-12H2,1H3/t14-,17+,19+,20+/m0/s1. The second kappa shape index (κ2) is 5.40. The molecular weight excluding hydrogens is 320 g/mol. The van der Waals surface area contributed by atoms with Gasteiger partial charge in [-0.25, -0.2) is 9.78 Å². The van der Waals surface area contributed by atoms with Crippen molar-refractivity contribution >= 4 is 5.97 Å². The Morgan fingerprint density at radius 3 is 2.80 bits per heavy atom. The second-order valence-electron chi connectivity index (χ2n) is 7.34. The van der Waals surface area contributed by atoms with Gasteiger partial charge in [-0.05, 0) is 37.3 Å². The van der Waals surface area contributed by atoms with Crippen LogP contribution in [-0.2, 0) is 29.6 Å². The molecule has 0 N–H and O–H groups in total. The van der Waals surface area contributed by atoms with E-state index in [1.54, 1.807) is 0 Å². The van der Waals surface area contributed by atoms with E-state index in [1.807, 2.05) is 37.3 Å². The van der Waals surface area contributed by atoms with Gasteiger partial charge in [-0.3, -0.25) is 4.79 Å². The first-order chi connectivity index (χ1) is 12.2. The maximum absolute atomic E-state index is 13.1. The van der Waals surface area contributed by atoms with E-state index in [1.165, 1.54) is 5.57 Å². The summed E-state index contributed by atoms with van der Waals surface area (Å²) in [5.41, 5.74) is 1.76. The fourth-order valence-electron chi connectivity index (χ4n) is 5.47. The van der Waals surface area contributed by atoms with Crippen molar-refractivity contribution in [1.29, 1.82) is 0 Å². The van der Waals surface area contributed by atoms with Crippen LogP contribution in [0.25, 0.3) is 0 Å². The fraction of sp³-hybridized carbons (Fsp3) is 0.550. The molecule has 2 bridgehead atoms. The third-order valence-electron chi connectivity index (χ3n) is 6.38. The third kappa shape index (κ3) is 1.81. The van der Waals surface area contributed by atoms with Crippen LogP contribution in [0.3, 0.4) is 0 Å². The van der Waals surface area contributed by atoms with Crippen molar-refractivity contribution in [3.05, 3.63) is 47.0 Å². The Morgan fingerprint density at radius 2 is 2.00 bits per heavy atom. The molecule has 3 heterocycles. The molecule has 1 spiro atoms. The Morgan fingerprint density at radius 1 is 1.20 bits per heavy atom. The Bertz CT molecular complexity index is 742. The van der Waals surface area contributed by atoms with Crippen LogP contribution in [0.4, 0.5) is 0 Å². The summed E-state index contributed by atoms with van der Waals surface area (Å²) < 4.78 is 11.3. The quantitative estimate of drug-likeness (QED) is 0.480. The molecule has 132 valence electrons. The van der Waals surface area contributed by atoms with Gasteiger partial charge >= 0.3 is 5.97 Å². The Balaban J connectivity index is 1.76. The number of benzene rings is 1. The van der Waals surface area contributed by atoms with Crippen LogP contribution in [0.5, 0.6) is 0 Å². The molecule has 1 aromatic carbocycles. The topological polar surface area (TPSA) is 54.0 Å². The molecule has 5 nitrogen and oxygen atoms in total. The smallest absolute Gasteiger partial charge is 0.313 e. The molecule has 4 atom stereocenters. The van der Waals surface area contributed by atoms with E-state index >= 15 is 0 Å². The summed E-state index contributed by atoms with van der Waals surface area (Å²) in [4.78, 5) is 25.3. The molecule has 0 aromatic heterocycles. The molecule has 0 radical (unpaired) electrons. The zero-order chi connectivity index (χ0) is 17.1. The van der Waals surface area contributed by atoms with Crippen molar-refractivity contribution in [2.24, 2.45) is 11.8 Å². The molecule has 1 saturated carbocycles. The van der Waals surface area contributed by atoms with Gasteiger partial charge in [0.1, 0.15) is 11.5 Å². The average molecular weight is 342 g/mol. The first kappa shape index (κ1) is 15.6. The Hall–Kier alpha value is -1.69. The maximum atomic E-state index is 13.1. The minimum atomic E-state index is -0.934. The fourth-order valence-corrected chi connectivity index (χ4v) is 5.47. The van der Waals surface area contributed by atoms with Crippen LogP contribution >= 0.6 is 0 Å². The molecule has 3 aliphatic heterocycles. The maximum Gasteiger partial charge on any atom is 0.313 e. The lowest BCUT2D eigenvalue weighted by molar-refractivity contribution is -0.460. The van der Waals surface area contributed by atoms with E-state index in [4.69, 9.17) is 19.2 Å². The van der Waals surface area contributed by atoms with Gasteiger partial charge in [-0.2, -0.15) is 0 Å². The summed E-state index contributed by atoms with van der Waals surface area (Å²) in [6.45, 7) is 3.26. The van der Waals surface area contributed by atoms with Crippen molar-refractivity contribution in [1.82, 2.24) is 0 Å². The highest BCUT2D eigenvalue weighted by atomic mass is 17.2. The first-order valence-electron chi connectivity index (χ1n) is 9.14. The lowest BCUT2D eigenvalue weighted by atomic mass is 9.58. The molecule has 2 fully saturated rings. The Kier molecular flexibility index (Phi) is 3.36. The van der Waals surface area contributed by atoms with Crippen molar-refractivity contribution in [2.45, 2.75) is 37.4 Å². The van der Waals surface area contributed by atoms with Crippen LogP contribution in [0.15, 0.2) is 41.5 Å². The molecule has 5 heteroatoms. The summed E-state index contributed by atoms with van der Waals surface area (Å²) in [5, 5.41) is 0. The average Bonchev–Trinajstić information content (AvgIpc) is 3.30. The number of hydrogen-bond donors (Lipinski definition) is 0. The van der Waals surface area contributed by atoms with E-state index in [2.05, 4.69) is 0 Å². The van der Waals surface area contributed by atoms with E-state index < -0.39 is 17.1 Å². The van der Waals surface area contributed by atoms with E-state index in [-0.39, 0.29) is 11.9 Å². The summed E-state index contributed by atoms with van der Waals surface area (Å²) in [5.74, 6) is -0.517. The van der Waals surface area contributed by atoms with Crippen molar-refractivity contribution in [2.75, 3.05) is 19.8 Å². The number of hydrogen-bond acceptors (Lipinski definition) is 5. The second-order valence-corrected chi connectivity index (χ2v) is 7.34. The molecule has 25 heavy (non-hydrogen) atoms. The van der Waals surface area contributed by atoms with E-state index in [0.717, 1.165) is 30.4 Å². The number of fused-ring (bicyclic) bond motifs is 1. The summed E-state index contributed by atoms with van der Waals surface area (Å²) in [6.07, 6.45) is 2.84. The SMILES string of the molecule is CCOC(=O)[C@H]1[C@@H]2CCC[C@@]23OO[C@]1(c1ccccc1)C1=C3COC1. The van der Waals surface area contributed by atoms with Gasteiger partial charge in [-0.1, -0.05) is 30.3 Å². The lowest BCUT2D eigenvalue weighted by Gasteiger charge is -2.57. The van der Waals surface area contributed by atoms with E-state index in [9.17, 15) is 4.79 Å². The molecule has 6 rings (SSSR count). The van der Waals surface area contributed by atoms with Crippen LogP contribution in [0.2, 0.25) is 0 Å². The summed E-state index contributed by atoms with van der Waals surface area (Å²) >= 11 is 0. The Labute approximate surface area is 146 Å². The zero-order valence-electron chi connectivity index (χ0n) is 14.3. The van der Waals surface area contributed by atoms with Gasteiger partial charge in [0, 0.05) is 11.5 Å². The molecular formula is C20H22O5. The highest BCUT2D eigenvalue weighted by Gasteiger charge is 2.72. The normalized spacial score (nSPS) is 38.6. The van der Waals surface area contributed by atoms with Gasteiger partial charge in [0.2, 0.25) is 0 Å². The van der Waals surface area contributed by atoms with Gasteiger partial charge in [0.15, 0.2) is 5.60 Å². The lowest BCUT2D eigenvalue weighted by Crippen LogP contribution is -2.64. The van der Waals surface area contributed by atoms with Gasteiger partial charge in [-0.15, -0.1) is 0 Å². The molecule has 2 aliphatic carbocycles. The summed E-state index contributed by atoms with van der Waals surface area (Å²) in [7, 11) is 0. The predicted molar refractivity (Wildman–Crippen MR) is 88.3 cm³/mol. The molecule has 1 saturated heterocycles. The highest BCUT2D eigenvalue weighted by molar-refractivity contribution is 5.78. The van der Waals surface area contributed by atoms with Crippen molar-refractivity contribution in [3.8, 4) is 0 Å². The van der Waals surface area contributed by atoms with E-state index in [0.29, 0.717) is 19.8 Å². The van der Waals surface area contributed by atoms with Crippen molar-refractivity contribution < 1.29 is 24.0 Å². The molecule has 0 amide bonds. The third-order valence-corrected chi connectivity index (χ3v) is 6.38. The number of carbonyl (C=O) groups excluding carboxylic acids is 1. The summed E-state index contributed by atoms with van der Waals surface area (Å²) in [6, 6.07) is 9.91. The first-order valence-corrected chi connectivity index (χ1v) is 9.14. The van der Waals surface area contributed by atoms with Crippen LogP contribution in [0, 0.1) is 11.8 Å². The van der Waals surface area contributed by atoms with Crippen LogP contribution < -0.4 is 0 Å². The zero-order valence-corrected chi connectivity index (χ0v) is 14.3. The number of carbonyl (C=O) groups is 1. The van der Waals surface area contributed by atoms with Gasteiger partial charge < -0.3 is 9.47 Å². The number of rotatable bonds is 3. The minimum absolute atomic E-state index is 0.0703. The largest absolute Gasteiger partial charge is 0.466 e. The molecule has 1 aromatic rings. The monoisotopic (exact) mass is 342 g/mol. The van der Waals surface area contributed by atoms with Gasteiger partial charge in [0.25, 0.3) is 0 Å². The number of esters is 1. The van der Waals surface area contributed by atoms with Crippen LogP contribution in [0.1, 0.15) is 31.7 Å². The van der Waals surface area contributed by atoms with Crippen molar-refractivity contribution in [3.63, 3.8) is 0 Å². The minimum Gasteiger partial charge on any atom is -0.466 e. The highest BCUT2D eigenvalue weighted by Crippen LogP contribution is 2.66.